The van der Waals surface area contributed by atoms with Crippen LogP contribution >= 0.6 is 11.8 Å². The van der Waals surface area contributed by atoms with E-state index < -0.39 is 0 Å². The first-order valence-corrected chi connectivity index (χ1v) is 10.0. The Hall–Kier alpha value is -1.94. The third kappa shape index (κ3) is 4.01. The molecule has 0 spiro atoms. The van der Waals surface area contributed by atoms with E-state index in [-0.39, 0.29) is 5.91 Å². The molecule has 1 aliphatic heterocycles. The smallest absolute Gasteiger partial charge is 0.230 e. The molecule has 1 heterocycles. The predicted molar refractivity (Wildman–Crippen MR) is 102 cm³/mol. The summed E-state index contributed by atoms with van der Waals surface area (Å²) in [5.41, 5.74) is 5.49. The monoisotopic (exact) mass is 353 g/mol. The summed E-state index contributed by atoms with van der Waals surface area (Å²) in [6.07, 6.45) is 5.51. The molecule has 1 aliphatic carbocycles. The molecule has 0 saturated heterocycles. The zero-order valence-electron chi connectivity index (χ0n) is 14.3. The lowest BCUT2D eigenvalue weighted by molar-refractivity contribution is -0.118. The molecule has 2 aromatic rings. The maximum atomic E-state index is 12.1. The first-order chi connectivity index (χ1) is 12.3. The fourth-order valence-corrected chi connectivity index (χ4v) is 4.37. The summed E-state index contributed by atoms with van der Waals surface area (Å²) in [5.74, 6) is 1.60. The lowest BCUT2D eigenvalue weighted by atomic mass is 10.1. The zero-order chi connectivity index (χ0) is 17.1. The van der Waals surface area contributed by atoms with Gasteiger partial charge in [-0.2, -0.15) is 0 Å². The Labute approximate surface area is 153 Å². The quantitative estimate of drug-likeness (QED) is 0.807. The van der Waals surface area contributed by atoms with E-state index in [4.69, 9.17) is 4.74 Å². The second-order valence-electron chi connectivity index (χ2n) is 6.71. The van der Waals surface area contributed by atoms with Crippen molar-refractivity contribution in [1.82, 2.24) is 5.32 Å². The van der Waals surface area contributed by atoms with E-state index in [0.717, 1.165) is 25.2 Å². The minimum atomic E-state index is 0.106. The molecule has 0 unspecified atom stereocenters. The van der Waals surface area contributed by atoms with E-state index in [9.17, 15) is 4.79 Å². The van der Waals surface area contributed by atoms with Crippen LogP contribution < -0.4 is 10.1 Å². The van der Waals surface area contributed by atoms with Crippen LogP contribution in [0.1, 0.15) is 28.7 Å². The number of hydrogen-bond donors (Lipinski definition) is 1. The predicted octanol–water partition coefficient (Wildman–Crippen LogP) is 3.56. The molecular weight excluding hydrogens is 330 g/mol. The molecule has 0 radical (unpaired) electrons. The molecule has 0 aromatic heterocycles. The van der Waals surface area contributed by atoms with Crippen molar-refractivity contribution in [3.05, 3.63) is 58.7 Å². The number of nitrogens with one attached hydrogen (secondary N) is 1. The van der Waals surface area contributed by atoms with Gasteiger partial charge in [0.25, 0.3) is 0 Å². The molecule has 3 nitrogen and oxygen atoms in total. The van der Waals surface area contributed by atoms with Crippen LogP contribution in [-0.2, 0) is 30.5 Å². The second kappa shape index (κ2) is 7.52. The minimum absolute atomic E-state index is 0.106. The molecule has 0 fully saturated rings. The van der Waals surface area contributed by atoms with Gasteiger partial charge in [0.15, 0.2) is 0 Å². The molecule has 1 amide bonds. The molecule has 4 heteroatoms. The number of ether oxygens (including phenoxy) is 1. The largest absolute Gasteiger partial charge is 0.493 e. The molecule has 2 aromatic carbocycles. The molecule has 0 saturated carbocycles. The number of thioether (sulfide) groups is 1. The van der Waals surface area contributed by atoms with Crippen LogP contribution in [0.25, 0.3) is 0 Å². The van der Waals surface area contributed by atoms with Crippen molar-refractivity contribution in [2.24, 2.45) is 0 Å². The summed E-state index contributed by atoms with van der Waals surface area (Å²) in [5, 5.41) is 3.03. The van der Waals surface area contributed by atoms with Gasteiger partial charge in [0.2, 0.25) is 5.91 Å². The van der Waals surface area contributed by atoms with Crippen molar-refractivity contribution in [3.8, 4) is 5.75 Å². The van der Waals surface area contributed by atoms with Gasteiger partial charge in [-0.3, -0.25) is 4.79 Å². The van der Waals surface area contributed by atoms with Gasteiger partial charge in [-0.1, -0.05) is 18.2 Å². The van der Waals surface area contributed by atoms with Crippen LogP contribution in [0.5, 0.6) is 5.75 Å². The summed E-state index contributed by atoms with van der Waals surface area (Å²) in [6.45, 7) is 1.47. The van der Waals surface area contributed by atoms with Crippen LogP contribution in [0, 0.1) is 0 Å². The number of hydrogen-bond acceptors (Lipinski definition) is 3. The third-order valence-electron chi connectivity index (χ3n) is 4.93. The number of carbonyl (C=O) groups is 1. The van der Waals surface area contributed by atoms with Crippen LogP contribution in [0.15, 0.2) is 41.3 Å². The van der Waals surface area contributed by atoms with Crippen molar-refractivity contribution in [2.75, 3.05) is 18.9 Å². The Morgan fingerprint density at radius 1 is 1.04 bits per heavy atom. The van der Waals surface area contributed by atoms with Crippen LogP contribution in [0.4, 0.5) is 0 Å². The Balaban J connectivity index is 1.21. The molecule has 25 heavy (non-hydrogen) atoms. The highest BCUT2D eigenvalue weighted by Crippen LogP contribution is 2.28. The first kappa shape index (κ1) is 16.5. The molecule has 4 rings (SSSR count). The molecule has 0 atom stereocenters. The fourth-order valence-electron chi connectivity index (χ4n) is 3.58. The number of benzene rings is 2. The van der Waals surface area contributed by atoms with Gasteiger partial charge in [0.1, 0.15) is 5.75 Å². The molecule has 2 aliphatic rings. The van der Waals surface area contributed by atoms with E-state index in [1.54, 1.807) is 11.8 Å². The van der Waals surface area contributed by atoms with Gasteiger partial charge < -0.3 is 10.1 Å². The number of aryl methyl sites for hydroxylation is 2. The Bertz CT molecular complexity index is 787. The molecular formula is C21H23NO2S. The third-order valence-corrected chi connectivity index (χ3v) is 5.92. The molecule has 0 bridgehead atoms. The summed E-state index contributed by atoms with van der Waals surface area (Å²) in [7, 11) is 0. The average Bonchev–Trinajstić information content (AvgIpc) is 3.28. The summed E-state index contributed by atoms with van der Waals surface area (Å²) >= 11 is 1.63. The van der Waals surface area contributed by atoms with Crippen molar-refractivity contribution in [1.29, 1.82) is 0 Å². The maximum Gasteiger partial charge on any atom is 0.230 e. The Morgan fingerprint density at radius 2 is 1.96 bits per heavy atom. The minimum Gasteiger partial charge on any atom is -0.493 e. The number of fused-ring (bicyclic) bond motifs is 2. The van der Waals surface area contributed by atoms with E-state index in [1.807, 2.05) is 6.07 Å². The first-order valence-electron chi connectivity index (χ1n) is 9.04. The van der Waals surface area contributed by atoms with E-state index in [1.165, 1.54) is 46.4 Å². The summed E-state index contributed by atoms with van der Waals surface area (Å²) in [6, 6.07) is 13.0. The Kier molecular flexibility index (Phi) is 4.97. The molecule has 1 N–H and O–H groups in total. The lowest BCUT2D eigenvalue weighted by Gasteiger charge is -2.07. The highest BCUT2D eigenvalue weighted by Gasteiger charge is 2.13. The van der Waals surface area contributed by atoms with Gasteiger partial charge in [0, 0.05) is 17.9 Å². The standard InChI is InChI=1S/C21H23NO2S/c23-21(14-25-19-6-5-16-2-1-3-17(16)13-19)22-10-8-15-4-7-20-18(12-15)9-11-24-20/h4-7,12-13H,1-3,8-11,14H2,(H,22,23). The van der Waals surface area contributed by atoms with Crippen molar-refractivity contribution >= 4 is 17.7 Å². The van der Waals surface area contributed by atoms with Gasteiger partial charge in [-0.05, 0) is 66.1 Å². The van der Waals surface area contributed by atoms with Gasteiger partial charge in [0.05, 0.1) is 12.4 Å². The van der Waals surface area contributed by atoms with Gasteiger partial charge >= 0.3 is 0 Å². The number of amides is 1. The van der Waals surface area contributed by atoms with Gasteiger partial charge in [-0.15, -0.1) is 11.8 Å². The number of rotatable bonds is 6. The van der Waals surface area contributed by atoms with E-state index >= 15 is 0 Å². The maximum absolute atomic E-state index is 12.1. The topological polar surface area (TPSA) is 38.3 Å². The normalized spacial score (nSPS) is 14.7. The zero-order valence-corrected chi connectivity index (χ0v) is 15.2. The highest BCUT2D eigenvalue weighted by molar-refractivity contribution is 8.00. The van der Waals surface area contributed by atoms with Crippen molar-refractivity contribution in [2.45, 2.75) is 37.0 Å². The summed E-state index contributed by atoms with van der Waals surface area (Å²) < 4.78 is 5.53. The van der Waals surface area contributed by atoms with Crippen LogP contribution in [-0.4, -0.2) is 24.8 Å². The number of carbonyl (C=O) groups excluding carboxylic acids is 1. The average molecular weight is 353 g/mol. The summed E-state index contributed by atoms with van der Waals surface area (Å²) in [4.78, 5) is 13.3. The highest BCUT2D eigenvalue weighted by atomic mass is 32.2. The molecule has 130 valence electrons. The SMILES string of the molecule is O=C(CSc1ccc2c(c1)CCC2)NCCc1ccc2c(c1)CCO2. The van der Waals surface area contributed by atoms with Gasteiger partial charge in [-0.25, -0.2) is 0 Å². The Morgan fingerprint density at radius 3 is 2.92 bits per heavy atom. The van der Waals surface area contributed by atoms with E-state index in [2.05, 4.69) is 35.6 Å². The fraction of sp³-hybridized carbons (Fsp3) is 0.381. The van der Waals surface area contributed by atoms with E-state index in [0.29, 0.717) is 12.3 Å². The van der Waals surface area contributed by atoms with Crippen LogP contribution in [0.3, 0.4) is 0 Å². The second-order valence-corrected chi connectivity index (χ2v) is 7.76. The van der Waals surface area contributed by atoms with Crippen molar-refractivity contribution in [3.63, 3.8) is 0 Å². The van der Waals surface area contributed by atoms with Crippen molar-refractivity contribution < 1.29 is 9.53 Å². The lowest BCUT2D eigenvalue weighted by Crippen LogP contribution is -2.27. The van der Waals surface area contributed by atoms with Crippen LogP contribution in [0.2, 0.25) is 0 Å².